The molecule has 1 atom stereocenters. The van der Waals surface area contributed by atoms with Crippen LogP contribution in [0.2, 0.25) is 0 Å². The molecule has 1 N–H and O–H groups in total. The topological polar surface area (TPSA) is 48.3 Å². The molecule has 1 aromatic heterocycles. The lowest BCUT2D eigenvalue weighted by Crippen LogP contribution is -2.40. The van der Waals surface area contributed by atoms with E-state index in [1.165, 1.54) is 0 Å². The molecule has 0 spiro atoms. The molecule has 1 aromatic carbocycles. The lowest BCUT2D eigenvalue weighted by atomic mass is 10.2. The van der Waals surface area contributed by atoms with E-state index < -0.39 is 0 Å². The minimum atomic E-state index is 0.214. The summed E-state index contributed by atoms with van der Waals surface area (Å²) < 4.78 is 13.1. The summed E-state index contributed by atoms with van der Waals surface area (Å²) in [5.41, 5.74) is 2.10. The maximum atomic E-state index is 5.74. The first kappa shape index (κ1) is 12.4. The molecular weight excluding hydrogens is 242 g/mol. The highest BCUT2D eigenvalue weighted by molar-refractivity contribution is 5.77. The van der Waals surface area contributed by atoms with Crippen LogP contribution < -0.4 is 10.1 Å². The van der Waals surface area contributed by atoms with E-state index in [1.807, 2.05) is 25.2 Å². The van der Waals surface area contributed by atoms with Crippen molar-refractivity contribution in [2.24, 2.45) is 7.05 Å². The van der Waals surface area contributed by atoms with Gasteiger partial charge in [0, 0.05) is 32.6 Å². The second-order valence-electron chi connectivity index (χ2n) is 4.84. The number of aryl methyl sites for hydroxylation is 1. The van der Waals surface area contributed by atoms with Crippen LogP contribution in [0.5, 0.6) is 5.75 Å². The van der Waals surface area contributed by atoms with E-state index in [0.29, 0.717) is 0 Å². The zero-order valence-corrected chi connectivity index (χ0v) is 11.3. The second-order valence-corrected chi connectivity index (χ2v) is 4.84. The van der Waals surface area contributed by atoms with Gasteiger partial charge in [0.2, 0.25) is 0 Å². The minimum absolute atomic E-state index is 0.214. The maximum Gasteiger partial charge on any atom is 0.121 e. The Morgan fingerprint density at radius 1 is 1.53 bits per heavy atom. The zero-order valence-electron chi connectivity index (χ0n) is 11.3. The van der Waals surface area contributed by atoms with Crippen LogP contribution in [0.1, 0.15) is 5.82 Å². The number of morpholine rings is 1. The molecule has 19 heavy (non-hydrogen) atoms. The molecule has 2 aromatic rings. The molecule has 1 aliphatic heterocycles. The van der Waals surface area contributed by atoms with Crippen molar-refractivity contribution >= 4 is 11.0 Å². The predicted octanol–water partition coefficient (Wildman–Crippen LogP) is 1.11. The Morgan fingerprint density at radius 3 is 3.16 bits per heavy atom. The smallest absolute Gasteiger partial charge is 0.121 e. The molecule has 5 nitrogen and oxygen atoms in total. The van der Waals surface area contributed by atoms with Gasteiger partial charge >= 0.3 is 0 Å². The third kappa shape index (κ3) is 2.43. The van der Waals surface area contributed by atoms with Crippen LogP contribution in [0.25, 0.3) is 11.0 Å². The lowest BCUT2D eigenvalue weighted by Gasteiger charge is -2.23. The number of nitrogens with zero attached hydrogens (tertiary/aromatic N) is 2. The summed E-state index contributed by atoms with van der Waals surface area (Å²) in [5, 5.41) is 3.34. The van der Waals surface area contributed by atoms with Crippen LogP contribution in [0.3, 0.4) is 0 Å². The fourth-order valence-electron chi connectivity index (χ4n) is 2.49. The largest absolute Gasteiger partial charge is 0.497 e. The number of hydrogen-bond donors (Lipinski definition) is 1. The van der Waals surface area contributed by atoms with E-state index in [2.05, 4.69) is 9.88 Å². The van der Waals surface area contributed by atoms with Crippen molar-refractivity contribution in [3.05, 3.63) is 24.0 Å². The number of methoxy groups -OCH3 is 1. The van der Waals surface area contributed by atoms with Gasteiger partial charge in [-0.15, -0.1) is 0 Å². The maximum absolute atomic E-state index is 5.74. The summed E-state index contributed by atoms with van der Waals surface area (Å²) in [6.07, 6.45) is 1.05. The van der Waals surface area contributed by atoms with Gasteiger partial charge in [0.05, 0.1) is 30.9 Å². The van der Waals surface area contributed by atoms with E-state index in [9.17, 15) is 0 Å². The van der Waals surface area contributed by atoms with E-state index in [4.69, 9.17) is 14.5 Å². The normalized spacial score (nSPS) is 19.8. The number of fused-ring (bicyclic) bond motifs is 1. The quantitative estimate of drug-likeness (QED) is 0.899. The van der Waals surface area contributed by atoms with Crippen LogP contribution in [-0.2, 0) is 18.2 Å². The van der Waals surface area contributed by atoms with Gasteiger partial charge in [0.25, 0.3) is 0 Å². The van der Waals surface area contributed by atoms with E-state index in [-0.39, 0.29) is 6.10 Å². The van der Waals surface area contributed by atoms with Crippen molar-refractivity contribution < 1.29 is 9.47 Å². The highest BCUT2D eigenvalue weighted by Crippen LogP contribution is 2.21. The van der Waals surface area contributed by atoms with Gasteiger partial charge < -0.3 is 19.4 Å². The number of rotatable bonds is 3. The van der Waals surface area contributed by atoms with Gasteiger partial charge in [0.1, 0.15) is 11.6 Å². The van der Waals surface area contributed by atoms with Gasteiger partial charge in [-0.25, -0.2) is 4.98 Å². The molecule has 1 saturated heterocycles. The number of imidazole rings is 1. The van der Waals surface area contributed by atoms with Gasteiger partial charge in [-0.2, -0.15) is 0 Å². The van der Waals surface area contributed by atoms with Gasteiger partial charge in [-0.3, -0.25) is 0 Å². The summed E-state index contributed by atoms with van der Waals surface area (Å²) in [7, 11) is 3.72. The average Bonchev–Trinajstić information content (AvgIpc) is 2.76. The lowest BCUT2D eigenvalue weighted by molar-refractivity contribution is 0.0277. The monoisotopic (exact) mass is 261 g/mol. The Kier molecular flexibility index (Phi) is 3.40. The number of benzene rings is 1. The summed E-state index contributed by atoms with van der Waals surface area (Å²) in [6.45, 7) is 2.62. The van der Waals surface area contributed by atoms with Crippen LogP contribution in [0.15, 0.2) is 18.2 Å². The summed E-state index contributed by atoms with van der Waals surface area (Å²) in [5.74, 6) is 1.89. The first-order valence-electron chi connectivity index (χ1n) is 6.59. The third-order valence-electron chi connectivity index (χ3n) is 3.60. The highest BCUT2D eigenvalue weighted by Gasteiger charge is 2.17. The predicted molar refractivity (Wildman–Crippen MR) is 73.6 cm³/mol. The zero-order chi connectivity index (χ0) is 13.2. The molecule has 0 amide bonds. The molecule has 102 valence electrons. The highest BCUT2D eigenvalue weighted by atomic mass is 16.5. The molecule has 1 unspecified atom stereocenters. The average molecular weight is 261 g/mol. The molecule has 0 radical (unpaired) electrons. The van der Waals surface area contributed by atoms with Crippen molar-refractivity contribution in [1.29, 1.82) is 0 Å². The van der Waals surface area contributed by atoms with Crippen molar-refractivity contribution in [1.82, 2.24) is 14.9 Å². The SMILES string of the molecule is COc1ccc2c(c1)nc(CC1CNCCO1)n2C. The number of ether oxygens (including phenoxy) is 2. The Balaban J connectivity index is 1.88. The first-order valence-corrected chi connectivity index (χ1v) is 6.59. The van der Waals surface area contributed by atoms with Crippen LogP contribution >= 0.6 is 0 Å². The van der Waals surface area contributed by atoms with Crippen LogP contribution in [-0.4, -0.2) is 42.5 Å². The van der Waals surface area contributed by atoms with Crippen LogP contribution in [0.4, 0.5) is 0 Å². The first-order chi connectivity index (χ1) is 9.28. The minimum Gasteiger partial charge on any atom is -0.497 e. The molecule has 1 aliphatic rings. The Bertz CT molecular complexity index is 573. The fourth-order valence-corrected chi connectivity index (χ4v) is 2.49. The molecule has 0 aliphatic carbocycles. The third-order valence-corrected chi connectivity index (χ3v) is 3.60. The number of nitrogens with one attached hydrogen (secondary N) is 1. The van der Waals surface area contributed by atoms with Crippen molar-refractivity contribution in [3.8, 4) is 5.75 Å². The number of aromatic nitrogens is 2. The molecule has 1 fully saturated rings. The summed E-state index contributed by atoms with van der Waals surface area (Å²) in [4.78, 5) is 4.69. The van der Waals surface area contributed by atoms with Gasteiger partial charge in [0.15, 0.2) is 0 Å². The summed E-state index contributed by atoms with van der Waals surface area (Å²) >= 11 is 0. The Hall–Kier alpha value is -1.59. The molecule has 3 rings (SSSR count). The van der Waals surface area contributed by atoms with Crippen LogP contribution in [0, 0.1) is 0 Å². The summed E-state index contributed by atoms with van der Waals surface area (Å²) in [6, 6.07) is 5.98. The number of hydrogen-bond acceptors (Lipinski definition) is 4. The molecule has 2 heterocycles. The van der Waals surface area contributed by atoms with E-state index in [0.717, 1.165) is 48.7 Å². The second kappa shape index (κ2) is 5.19. The van der Waals surface area contributed by atoms with Gasteiger partial charge in [-0.05, 0) is 12.1 Å². The Labute approximate surface area is 112 Å². The fraction of sp³-hybridized carbons (Fsp3) is 0.500. The molecule has 0 bridgehead atoms. The Morgan fingerprint density at radius 2 is 2.42 bits per heavy atom. The van der Waals surface area contributed by atoms with Crippen molar-refractivity contribution in [3.63, 3.8) is 0 Å². The molecule has 0 saturated carbocycles. The van der Waals surface area contributed by atoms with Crippen molar-refractivity contribution in [2.45, 2.75) is 12.5 Å². The standard InChI is InChI=1S/C14H19N3O2/c1-17-13-4-3-10(18-2)7-12(13)16-14(17)8-11-9-15-5-6-19-11/h3-4,7,11,15H,5-6,8-9H2,1-2H3. The van der Waals surface area contributed by atoms with Gasteiger partial charge in [-0.1, -0.05) is 0 Å². The van der Waals surface area contributed by atoms with E-state index in [1.54, 1.807) is 7.11 Å². The molecule has 5 heteroatoms. The molecular formula is C14H19N3O2. The van der Waals surface area contributed by atoms with E-state index >= 15 is 0 Å². The van der Waals surface area contributed by atoms with Crippen molar-refractivity contribution in [2.75, 3.05) is 26.8 Å².